The van der Waals surface area contributed by atoms with Gasteiger partial charge in [0.25, 0.3) is 0 Å². The van der Waals surface area contributed by atoms with Crippen molar-refractivity contribution in [2.45, 2.75) is 32.6 Å². The van der Waals surface area contributed by atoms with E-state index in [1.807, 2.05) is 6.92 Å². The lowest BCUT2D eigenvalue weighted by Gasteiger charge is -2.10. The summed E-state index contributed by atoms with van der Waals surface area (Å²) in [7, 11) is -3.28. The molecule has 1 saturated heterocycles. The molecule has 1 amide bonds. The number of carbonyl (C=O) groups is 1. The van der Waals surface area contributed by atoms with E-state index in [1.165, 1.54) is 0 Å². The first-order valence-corrected chi connectivity index (χ1v) is 9.75. The largest absolute Gasteiger partial charge is 0.326 e. The van der Waals surface area contributed by atoms with E-state index in [4.69, 9.17) is 0 Å². The lowest BCUT2D eigenvalue weighted by Crippen LogP contribution is -2.16. The number of hydrogen-bond acceptors (Lipinski definition) is 4. The van der Waals surface area contributed by atoms with Crippen molar-refractivity contribution in [3.05, 3.63) is 24.3 Å². The van der Waals surface area contributed by atoms with Crippen LogP contribution < -0.4 is 15.4 Å². The summed E-state index contributed by atoms with van der Waals surface area (Å²) in [6, 6.07) is 6.73. The van der Waals surface area contributed by atoms with E-state index >= 15 is 0 Å². The molecule has 1 aromatic rings. The number of nitrogens with one attached hydrogen (secondary N) is 3. The molecule has 1 unspecified atom stereocenters. The van der Waals surface area contributed by atoms with Gasteiger partial charge in [-0.25, -0.2) is 8.42 Å². The maximum atomic E-state index is 11.9. The Balaban J connectivity index is 0.00000288. The predicted molar refractivity (Wildman–Crippen MR) is 100 cm³/mol. The van der Waals surface area contributed by atoms with Crippen molar-refractivity contribution in [2.24, 2.45) is 5.92 Å². The fourth-order valence-corrected chi connectivity index (χ4v) is 3.78. The summed E-state index contributed by atoms with van der Waals surface area (Å²) in [5, 5.41) is 6.14. The number of carbonyl (C=O) groups excluding carboxylic acids is 1. The summed E-state index contributed by atoms with van der Waals surface area (Å²) in [5.41, 5.74) is 1.19. The molecule has 3 N–H and O–H groups in total. The molecule has 24 heavy (non-hydrogen) atoms. The maximum Gasteiger partial charge on any atom is 0.232 e. The second-order valence-electron chi connectivity index (χ2n) is 5.94. The summed E-state index contributed by atoms with van der Waals surface area (Å²) < 4.78 is 25.9. The van der Waals surface area contributed by atoms with Crippen LogP contribution in [0, 0.1) is 5.92 Å². The van der Waals surface area contributed by atoms with Crippen molar-refractivity contribution < 1.29 is 13.2 Å². The molecule has 1 atom stereocenters. The highest BCUT2D eigenvalue weighted by atomic mass is 35.5. The van der Waals surface area contributed by atoms with E-state index in [0.29, 0.717) is 30.1 Å². The molecule has 1 aromatic carbocycles. The normalized spacial score (nSPS) is 17.1. The van der Waals surface area contributed by atoms with Gasteiger partial charge in [0.15, 0.2) is 0 Å². The number of halogens is 1. The van der Waals surface area contributed by atoms with Crippen LogP contribution in [0.5, 0.6) is 0 Å². The van der Waals surface area contributed by atoms with Crippen molar-refractivity contribution in [3.63, 3.8) is 0 Å². The molecule has 1 aliphatic heterocycles. The van der Waals surface area contributed by atoms with E-state index in [2.05, 4.69) is 15.4 Å². The van der Waals surface area contributed by atoms with E-state index < -0.39 is 10.0 Å². The SMILES string of the molecule is CCCS(=O)(=O)Nc1ccc(NC(=O)CCC2CCNC2)cc1.Cl. The second kappa shape index (κ2) is 9.86. The van der Waals surface area contributed by atoms with Gasteiger partial charge in [-0.05, 0) is 62.5 Å². The molecule has 1 fully saturated rings. The average molecular weight is 376 g/mol. The number of sulfonamides is 1. The zero-order chi connectivity index (χ0) is 16.7. The van der Waals surface area contributed by atoms with E-state index in [0.717, 1.165) is 25.9 Å². The third-order valence-corrected chi connectivity index (χ3v) is 5.35. The summed E-state index contributed by atoms with van der Waals surface area (Å²) in [6.45, 7) is 3.86. The molecular formula is C16H26ClN3O3S. The van der Waals surface area contributed by atoms with E-state index in [1.54, 1.807) is 24.3 Å². The fraction of sp³-hybridized carbons (Fsp3) is 0.562. The van der Waals surface area contributed by atoms with Crippen LogP contribution >= 0.6 is 12.4 Å². The minimum Gasteiger partial charge on any atom is -0.326 e. The van der Waals surface area contributed by atoms with Crippen molar-refractivity contribution in [1.29, 1.82) is 0 Å². The summed E-state index contributed by atoms with van der Waals surface area (Å²) in [4.78, 5) is 11.9. The Hall–Kier alpha value is -1.31. The van der Waals surface area contributed by atoms with Crippen molar-refractivity contribution in [3.8, 4) is 0 Å². The highest BCUT2D eigenvalue weighted by molar-refractivity contribution is 7.92. The van der Waals surface area contributed by atoms with Gasteiger partial charge in [-0.1, -0.05) is 6.92 Å². The highest BCUT2D eigenvalue weighted by Gasteiger charge is 2.15. The van der Waals surface area contributed by atoms with Crippen molar-refractivity contribution in [2.75, 3.05) is 28.9 Å². The predicted octanol–water partition coefficient (Wildman–Crippen LogP) is 2.59. The molecule has 8 heteroatoms. The van der Waals surface area contributed by atoms with Gasteiger partial charge in [-0.2, -0.15) is 0 Å². The smallest absolute Gasteiger partial charge is 0.232 e. The Labute approximate surface area is 150 Å². The molecule has 2 rings (SSSR count). The Morgan fingerprint density at radius 3 is 2.50 bits per heavy atom. The molecule has 0 saturated carbocycles. The highest BCUT2D eigenvalue weighted by Crippen LogP contribution is 2.17. The number of hydrogen-bond donors (Lipinski definition) is 3. The fourth-order valence-electron chi connectivity index (χ4n) is 2.64. The number of benzene rings is 1. The van der Waals surface area contributed by atoms with Gasteiger partial charge >= 0.3 is 0 Å². The van der Waals surface area contributed by atoms with E-state index in [-0.39, 0.29) is 24.1 Å². The topological polar surface area (TPSA) is 87.3 Å². The number of amides is 1. The Morgan fingerprint density at radius 2 is 1.92 bits per heavy atom. The molecule has 0 aromatic heterocycles. The average Bonchev–Trinajstić information content (AvgIpc) is 3.00. The molecule has 0 radical (unpaired) electrons. The molecular weight excluding hydrogens is 350 g/mol. The molecule has 0 aliphatic carbocycles. The van der Waals surface area contributed by atoms with Gasteiger partial charge in [-0.15, -0.1) is 12.4 Å². The van der Waals surface area contributed by atoms with Gasteiger partial charge in [0.1, 0.15) is 0 Å². The van der Waals surface area contributed by atoms with Crippen LogP contribution in [0.25, 0.3) is 0 Å². The first-order valence-electron chi connectivity index (χ1n) is 8.09. The van der Waals surface area contributed by atoms with Gasteiger partial charge in [0.05, 0.1) is 5.75 Å². The first-order chi connectivity index (χ1) is 11.0. The molecule has 0 spiro atoms. The zero-order valence-electron chi connectivity index (χ0n) is 13.9. The summed E-state index contributed by atoms with van der Waals surface area (Å²) in [6.07, 6.45) is 3.12. The maximum absolute atomic E-state index is 11.9. The second-order valence-corrected chi connectivity index (χ2v) is 7.79. The minimum atomic E-state index is -3.28. The molecule has 0 bridgehead atoms. The van der Waals surface area contributed by atoms with Crippen LogP contribution in [-0.2, 0) is 14.8 Å². The lowest BCUT2D eigenvalue weighted by molar-refractivity contribution is -0.116. The summed E-state index contributed by atoms with van der Waals surface area (Å²) in [5.74, 6) is 0.689. The molecule has 1 aliphatic rings. The monoisotopic (exact) mass is 375 g/mol. The van der Waals surface area contributed by atoms with Crippen LogP contribution in [0.1, 0.15) is 32.6 Å². The van der Waals surface area contributed by atoms with Crippen LogP contribution in [-0.4, -0.2) is 33.2 Å². The third kappa shape index (κ3) is 7.07. The van der Waals surface area contributed by atoms with Crippen LogP contribution in [0.15, 0.2) is 24.3 Å². The van der Waals surface area contributed by atoms with Crippen molar-refractivity contribution >= 4 is 39.7 Å². The molecule has 136 valence electrons. The molecule has 6 nitrogen and oxygen atoms in total. The summed E-state index contributed by atoms with van der Waals surface area (Å²) >= 11 is 0. The van der Waals surface area contributed by atoms with Crippen LogP contribution in [0.3, 0.4) is 0 Å². The minimum absolute atomic E-state index is 0. The standard InChI is InChI=1S/C16H25N3O3S.ClH/c1-2-11-23(21,22)19-15-6-4-14(5-7-15)18-16(20)8-3-13-9-10-17-12-13;/h4-7,13,17,19H,2-3,8-12H2,1H3,(H,18,20);1H. The number of rotatable bonds is 8. The van der Waals surface area contributed by atoms with Crippen molar-refractivity contribution in [1.82, 2.24) is 5.32 Å². The Morgan fingerprint density at radius 1 is 1.25 bits per heavy atom. The zero-order valence-corrected chi connectivity index (χ0v) is 15.5. The van der Waals surface area contributed by atoms with Gasteiger partial charge in [0.2, 0.25) is 15.9 Å². The van der Waals surface area contributed by atoms with Gasteiger partial charge in [0, 0.05) is 17.8 Å². The Bertz CT molecular complexity index is 614. The van der Waals surface area contributed by atoms with Gasteiger partial charge in [-0.3, -0.25) is 9.52 Å². The first kappa shape index (κ1) is 20.7. The quantitative estimate of drug-likeness (QED) is 0.651. The van der Waals surface area contributed by atoms with Gasteiger partial charge < -0.3 is 10.6 Å². The molecule has 1 heterocycles. The van der Waals surface area contributed by atoms with Crippen LogP contribution in [0.4, 0.5) is 11.4 Å². The van der Waals surface area contributed by atoms with E-state index in [9.17, 15) is 13.2 Å². The van der Waals surface area contributed by atoms with Crippen LogP contribution in [0.2, 0.25) is 0 Å². The lowest BCUT2D eigenvalue weighted by atomic mass is 10.0. The third-order valence-electron chi connectivity index (χ3n) is 3.86. The number of anilines is 2. The Kier molecular flexibility index (Phi) is 8.52.